The highest BCUT2D eigenvalue weighted by Crippen LogP contribution is 2.46. The van der Waals surface area contributed by atoms with Gasteiger partial charge in [0.15, 0.2) is 22.4 Å². The predicted molar refractivity (Wildman–Crippen MR) is 154 cm³/mol. The first-order valence-electron chi connectivity index (χ1n) is 12.2. The first-order valence-corrected chi connectivity index (χ1v) is 14.2. The number of carbonyl (C=O) groups excluding carboxylic acids is 2. The second kappa shape index (κ2) is 10.6. The van der Waals surface area contributed by atoms with Crippen LogP contribution in [0.15, 0.2) is 47.7 Å². The lowest BCUT2D eigenvalue weighted by molar-refractivity contribution is -0.117. The van der Waals surface area contributed by atoms with Crippen LogP contribution in [0.1, 0.15) is 45.8 Å². The highest BCUT2D eigenvalue weighted by molar-refractivity contribution is 7.22. The van der Waals surface area contributed by atoms with Crippen molar-refractivity contribution in [1.82, 2.24) is 9.97 Å². The molecular weight excluding hydrogens is 558 g/mol. The Kier molecular flexibility index (Phi) is 7.37. The summed E-state index contributed by atoms with van der Waals surface area (Å²) in [6.07, 6.45) is 0. The Morgan fingerprint density at radius 3 is 2.56 bits per heavy atom. The Hall–Kier alpha value is -3.47. The molecule has 4 aromatic rings. The second-order valence-corrected chi connectivity index (χ2v) is 12.2. The quantitative estimate of drug-likeness (QED) is 0.226. The van der Waals surface area contributed by atoms with Crippen molar-refractivity contribution in [2.75, 3.05) is 18.6 Å². The van der Waals surface area contributed by atoms with E-state index in [2.05, 4.69) is 9.97 Å². The third-order valence-electron chi connectivity index (χ3n) is 6.18. The van der Waals surface area contributed by atoms with Gasteiger partial charge in [-0.15, -0.1) is 11.3 Å². The van der Waals surface area contributed by atoms with Crippen molar-refractivity contribution in [3.63, 3.8) is 0 Å². The molecule has 2 aromatic heterocycles. The van der Waals surface area contributed by atoms with E-state index in [1.807, 2.05) is 13.8 Å². The molecule has 202 valence electrons. The van der Waals surface area contributed by atoms with Crippen molar-refractivity contribution < 1.29 is 24.2 Å². The number of aliphatic hydroxyl groups is 1. The molecule has 1 aliphatic rings. The number of methoxy groups -OCH3 is 1. The zero-order valence-electron chi connectivity index (χ0n) is 21.9. The molecule has 1 unspecified atom stereocenters. The van der Waals surface area contributed by atoms with Crippen LogP contribution in [0.4, 0.5) is 5.13 Å². The minimum absolute atomic E-state index is 0.0399. The van der Waals surface area contributed by atoms with Gasteiger partial charge < -0.3 is 14.6 Å². The van der Waals surface area contributed by atoms with Crippen LogP contribution in [0.25, 0.3) is 10.2 Å². The van der Waals surface area contributed by atoms with E-state index in [1.165, 1.54) is 34.7 Å². The third-order valence-corrected chi connectivity index (χ3v) is 8.51. The molecule has 0 fully saturated rings. The van der Waals surface area contributed by atoms with Crippen LogP contribution in [0.5, 0.6) is 11.5 Å². The van der Waals surface area contributed by atoms with Gasteiger partial charge in [-0.3, -0.25) is 14.5 Å². The summed E-state index contributed by atoms with van der Waals surface area (Å²) in [6, 6.07) is 9.52. The number of amides is 1. The van der Waals surface area contributed by atoms with Crippen LogP contribution in [0.3, 0.4) is 0 Å². The molecule has 1 amide bonds. The minimum atomic E-state index is -0.962. The number of carbonyl (C=O) groups is 2. The number of hydrogen-bond acceptors (Lipinski definition) is 9. The number of rotatable bonds is 8. The van der Waals surface area contributed by atoms with Gasteiger partial charge in [0, 0.05) is 5.02 Å². The van der Waals surface area contributed by atoms with E-state index < -0.39 is 23.5 Å². The van der Waals surface area contributed by atoms with Crippen LogP contribution in [-0.2, 0) is 4.79 Å². The number of hydrogen-bond donors (Lipinski definition) is 1. The number of halogens is 1. The number of Topliss-reactive ketones (excluding diaryl/α,β-unsaturated/α-hetero) is 1. The summed E-state index contributed by atoms with van der Waals surface area (Å²) < 4.78 is 12.3. The van der Waals surface area contributed by atoms with Crippen molar-refractivity contribution >= 4 is 61.3 Å². The van der Waals surface area contributed by atoms with Gasteiger partial charge in [-0.2, -0.15) is 0 Å². The van der Waals surface area contributed by atoms with Crippen molar-refractivity contribution in [2.24, 2.45) is 5.92 Å². The minimum Gasteiger partial charge on any atom is -0.503 e. The molecule has 0 aliphatic carbocycles. The van der Waals surface area contributed by atoms with Gasteiger partial charge in [0.25, 0.3) is 5.91 Å². The fourth-order valence-corrected chi connectivity index (χ4v) is 6.58. The van der Waals surface area contributed by atoms with Crippen molar-refractivity contribution in [2.45, 2.75) is 33.7 Å². The highest BCUT2D eigenvalue weighted by atomic mass is 35.5. The number of aromatic nitrogens is 2. The number of aryl methyl sites for hydroxylation is 2. The largest absolute Gasteiger partial charge is 0.503 e. The van der Waals surface area contributed by atoms with Gasteiger partial charge in [-0.05, 0) is 55.7 Å². The van der Waals surface area contributed by atoms with E-state index in [0.29, 0.717) is 60.8 Å². The van der Waals surface area contributed by atoms with E-state index in [1.54, 1.807) is 50.2 Å². The Labute approximate surface area is 238 Å². The Balaban J connectivity index is 1.67. The molecule has 39 heavy (non-hydrogen) atoms. The zero-order valence-corrected chi connectivity index (χ0v) is 24.3. The number of aliphatic hydroxyl groups excluding tert-OH is 1. The van der Waals surface area contributed by atoms with Crippen molar-refractivity contribution in [3.05, 3.63) is 73.9 Å². The molecule has 2 aromatic carbocycles. The SMILES string of the molecule is COc1cc(C2C(C(=O)c3sc(C)nc3C)=C(O)C(=O)N2c2nc3ccc(Cl)cc3s2)ccc1OCC(C)C. The Morgan fingerprint density at radius 2 is 1.90 bits per heavy atom. The normalized spacial score (nSPS) is 15.6. The lowest BCUT2D eigenvalue weighted by atomic mass is 9.95. The van der Waals surface area contributed by atoms with Crippen LogP contribution >= 0.6 is 34.3 Å². The molecule has 1 atom stereocenters. The molecule has 1 aliphatic heterocycles. The van der Waals surface area contributed by atoms with Gasteiger partial charge >= 0.3 is 0 Å². The summed E-state index contributed by atoms with van der Waals surface area (Å²) in [5.74, 6) is -0.506. The smallest absolute Gasteiger partial charge is 0.296 e. The number of anilines is 1. The summed E-state index contributed by atoms with van der Waals surface area (Å²) in [5, 5.41) is 12.7. The Morgan fingerprint density at radius 1 is 1.13 bits per heavy atom. The summed E-state index contributed by atoms with van der Waals surface area (Å²) in [5.41, 5.74) is 1.70. The first kappa shape index (κ1) is 27.1. The predicted octanol–water partition coefficient (Wildman–Crippen LogP) is 6.85. The summed E-state index contributed by atoms with van der Waals surface area (Å²) >= 11 is 8.65. The number of ketones is 1. The molecule has 3 heterocycles. The lowest BCUT2D eigenvalue weighted by Crippen LogP contribution is -2.31. The topological polar surface area (TPSA) is 102 Å². The average Bonchev–Trinajstić information content (AvgIpc) is 3.54. The lowest BCUT2D eigenvalue weighted by Gasteiger charge is -2.25. The maximum absolute atomic E-state index is 13.9. The second-order valence-electron chi connectivity index (χ2n) is 9.54. The number of nitrogens with zero attached hydrogens (tertiary/aromatic N) is 3. The van der Waals surface area contributed by atoms with E-state index in [4.69, 9.17) is 21.1 Å². The molecule has 0 saturated carbocycles. The maximum atomic E-state index is 13.9. The summed E-state index contributed by atoms with van der Waals surface area (Å²) in [4.78, 5) is 38.2. The molecule has 0 spiro atoms. The van der Waals surface area contributed by atoms with Gasteiger partial charge in [-0.1, -0.05) is 42.9 Å². The van der Waals surface area contributed by atoms with E-state index in [9.17, 15) is 14.7 Å². The molecule has 5 rings (SSSR count). The molecule has 1 N–H and O–H groups in total. The number of fused-ring (bicyclic) bond motifs is 1. The van der Waals surface area contributed by atoms with Gasteiger partial charge in [0.05, 0.1) is 51.1 Å². The van der Waals surface area contributed by atoms with E-state index >= 15 is 0 Å². The number of benzene rings is 2. The molecule has 0 radical (unpaired) electrons. The molecule has 8 nitrogen and oxygen atoms in total. The zero-order chi connectivity index (χ0) is 28.0. The van der Waals surface area contributed by atoms with Gasteiger partial charge in [0.1, 0.15) is 0 Å². The highest BCUT2D eigenvalue weighted by Gasteiger charge is 2.46. The van der Waals surface area contributed by atoms with Gasteiger partial charge in [-0.25, -0.2) is 9.97 Å². The number of ether oxygens (including phenoxy) is 2. The Bertz CT molecular complexity index is 1640. The molecule has 11 heteroatoms. The third kappa shape index (κ3) is 4.99. The van der Waals surface area contributed by atoms with Crippen LogP contribution in [0.2, 0.25) is 5.02 Å². The van der Waals surface area contributed by atoms with E-state index in [0.717, 1.165) is 4.70 Å². The fraction of sp³-hybridized carbons (Fsp3) is 0.286. The monoisotopic (exact) mass is 583 g/mol. The number of thiazole rings is 2. The maximum Gasteiger partial charge on any atom is 0.296 e. The standard InChI is InChI=1S/C28H26ClN3O5S2/c1-13(2)12-37-19-9-6-16(10-20(19)36-5)23-22(24(33)26-14(3)30-15(4)38-26)25(34)27(35)32(23)28-31-18-8-7-17(29)11-21(18)39-28/h6-11,13,23,34H,12H2,1-5H3. The van der Waals surface area contributed by atoms with Crippen molar-refractivity contribution in [3.8, 4) is 11.5 Å². The van der Waals surface area contributed by atoms with Crippen molar-refractivity contribution in [1.29, 1.82) is 0 Å². The van der Waals surface area contributed by atoms with Crippen LogP contribution in [0, 0.1) is 19.8 Å². The fourth-order valence-electron chi connectivity index (χ4n) is 4.43. The van der Waals surface area contributed by atoms with Crippen LogP contribution < -0.4 is 14.4 Å². The van der Waals surface area contributed by atoms with Gasteiger partial charge in [0.2, 0.25) is 5.78 Å². The van der Waals surface area contributed by atoms with Crippen LogP contribution in [-0.4, -0.2) is 40.5 Å². The van der Waals surface area contributed by atoms with E-state index in [-0.39, 0.29) is 5.57 Å². The first-order chi connectivity index (χ1) is 18.6. The molecule has 0 bridgehead atoms. The molecule has 0 saturated heterocycles. The summed E-state index contributed by atoms with van der Waals surface area (Å²) in [6.45, 7) is 8.12. The average molecular weight is 584 g/mol. The summed E-state index contributed by atoms with van der Waals surface area (Å²) in [7, 11) is 1.53. The molecular formula is C28H26ClN3O5S2.